The molecule has 1 aromatic rings. The minimum atomic E-state index is 0.289. The van der Waals surface area contributed by atoms with E-state index >= 15 is 0 Å². The molecule has 1 saturated heterocycles. The van der Waals surface area contributed by atoms with Crippen molar-refractivity contribution in [1.29, 1.82) is 0 Å². The molecule has 1 aromatic carbocycles. The Bertz CT molecular complexity index is 337. The van der Waals surface area contributed by atoms with Crippen molar-refractivity contribution in [2.45, 2.75) is 25.4 Å². The zero-order chi connectivity index (χ0) is 10.8. The Morgan fingerprint density at radius 2 is 2.20 bits per heavy atom. The van der Waals surface area contributed by atoms with Crippen LogP contribution in [0.2, 0.25) is 0 Å². The topological polar surface area (TPSA) is 64.1 Å². The molecule has 0 amide bonds. The zero-order valence-corrected chi connectivity index (χ0v) is 9.11. The van der Waals surface area contributed by atoms with Gasteiger partial charge < -0.3 is 16.8 Å². The standard InChI is InChI=1S/C12H19N3/c1-8-5-11(14)7-15-12(8)9-3-2-4-10(13)6-9/h2-4,6,8,11-12,15H,5,7,13-14H2,1H3. The second kappa shape index (κ2) is 4.21. The molecule has 0 aliphatic carbocycles. The van der Waals surface area contributed by atoms with Crippen molar-refractivity contribution in [3.63, 3.8) is 0 Å². The fourth-order valence-electron chi connectivity index (χ4n) is 2.38. The highest BCUT2D eigenvalue weighted by Gasteiger charge is 2.26. The van der Waals surface area contributed by atoms with Crippen molar-refractivity contribution in [3.05, 3.63) is 29.8 Å². The van der Waals surface area contributed by atoms with Gasteiger partial charge in [0.15, 0.2) is 0 Å². The van der Waals surface area contributed by atoms with E-state index in [1.165, 1.54) is 5.56 Å². The van der Waals surface area contributed by atoms with Gasteiger partial charge in [-0.15, -0.1) is 0 Å². The molecule has 15 heavy (non-hydrogen) atoms. The van der Waals surface area contributed by atoms with Crippen LogP contribution in [0.1, 0.15) is 24.9 Å². The van der Waals surface area contributed by atoms with Gasteiger partial charge in [0, 0.05) is 24.3 Å². The summed E-state index contributed by atoms with van der Waals surface area (Å²) in [4.78, 5) is 0. The number of benzene rings is 1. The highest BCUT2D eigenvalue weighted by Crippen LogP contribution is 2.29. The molecule has 0 aromatic heterocycles. The van der Waals surface area contributed by atoms with E-state index in [4.69, 9.17) is 11.5 Å². The van der Waals surface area contributed by atoms with Crippen molar-refractivity contribution < 1.29 is 0 Å². The number of nitrogen functional groups attached to an aromatic ring is 1. The molecule has 1 heterocycles. The smallest absolute Gasteiger partial charge is 0.0348 e. The quantitative estimate of drug-likeness (QED) is 0.605. The van der Waals surface area contributed by atoms with Gasteiger partial charge in [0.1, 0.15) is 0 Å². The predicted molar refractivity (Wildman–Crippen MR) is 63.4 cm³/mol. The van der Waals surface area contributed by atoms with Crippen LogP contribution in [0, 0.1) is 5.92 Å². The van der Waals surface area contributed by atoms with Gasteiger partial charge in [-0.1, -0.05) is 19.1 Å². The molecule has 3 unspecified atom stereocenters. The fourth-order valence-corrected chi connectivity index (χ4v) is 2.38. The van der Waals surface area contributed by atoms with E-state index < -0.39 is 0 Å². The molecular formula is C12H19N3. The summed E-state index contributed by atoms with van der Waals surface area (Å²) in [7, 11) is 0. The average molecular weight is 205 g/mol. The van der Waals surface area contributed by atoms with Gasteiger partial charge in [0.25, 0.3) is 0 Å². The number of rotatable bonds is 1. The largest absolute Gasteiger partial charge is 0.399 e. The molecule has 3 heteroatoms. The summed E-state index contributed by atoms with van der Waals surface area (Å²) in [6, 6.07) is 8.79. The van der Waals surface area contributed by atoms with Crippen molar-refractivity contribution >= 4 is 5.69 Å². The van der Waals surface area contributed by atoms with E-state index in [-0.39, 0.29) is 6.04 Å². The van der Waals surface area contributed by atoms with Gasteiger partial charge in [0.05, 0.1) is 0 Å². The maximum Gasteiger partial charge on any atom is 0.0348 e. The van der Waals surface area contributed by atoms with E-state index in [0.717, 1.165) is 18.7 Å². The van der Waals surface area contributed by atoms with E-state index in [2.05, 4.69) is 18.3 Å². The Labute approximate surface area is 90.8 Å². The molecule has 3 atom stereocenters. The van der Waals surface area contributed by atoms with Gasteiger partial charge in [0.2, 0.25) is 0 Å². The Kier molecular flexibility index (Phi) is 2.93. The van der Waals surface area contributed by atoms with E-state index in [1.54, 1.807) is 0 Å². The average Bonchev–Trinajstić information content (AvgIpc) is 2.17. The SMILES string of the molecule is CC1CC(N)CNC1c1cccc(N)c1. The molecule has 5 N–H and O–H groups in total. The van der Waals surface area contributed by atoms with Gasteiger partial charge in [-0.3, -0.25) is 0 Å². The number of hydrogen-bond acceptors (Lipinski definition) is 3. The van der Waals surface area contributed by atoms with Crippen LogP contribution in [-0.2, 0) is 0 Å². The number of nitrogens with one attached hydrogen (secondary N) is 1. The first-order valence-electron chi connectivity index (χ1n) is 5.51. The molecular weight excluding hydrogens is 186 g/mol. The van der Waals surface area contributed by atoms with Crippen molar-refractivity contribution in [2.24, 2.45) is 11.7 Å². The van der Waals surface area contributed by atoms with Gasteiger partial charge in [-0.2, -0.15) is 0 Å². The zero-order valence-electron chi connectivity index (χ0n) is 9.11. The van der Waals surface area contributed by atoms with E-state index in [9.17, 15) is 0 Å². The van der Waals surface area contributed by atoms with E-state index in [0.29, 0.717) is 12.0 Å². The molecule has 3 nitrogen and oxygen atoms in total. The van der Waals surface area contributed by atoms with Crippen LogP contribution in [0.5, 0.6) is 0 Å². The molecule has 1 fully saturated rings. The van der Waals surface area contributed by atoms with Crippen LogP contribution in [-0.4, -0.2) is 12.6 Å². The Balaban J connectivity index is 2.17. The fraction of sp³-hybridized carbons (Fsp3) is 0.500. The predicted octanol–water partition coefficient (Wildman–Crippen LogP) is 1.27. The summed E-state index contributed by atoms with van der Waals surface area (Å²) in [6.07, 6.45) is 1.08. The third-order valence-electron chi connectivity index (χ3n) is 3.11. The minimum Gasteiger partial charge on any atom is -0.399 e. The lowest BCUT2D eigenvalue weighted by atomic mass is 9.86. The van der Waals surface area contributed by atoms with Crippen LogP contribution >= 0.6 is 0 Å². The summed E-state index contributed by atoms with van der Waals surface area (Å²) in [5.41, 5.74) is 13.8. The molecule has 1 aliphatic rings. The summed E-state index contributed by atoms with van der Waals surface area (Å²) in [5.74, 6) is 0.565. The first-order valence-corrected chi connectivity index (χ1v) is 5.51. The number of nitrogens with two attached hydrogens (primary N) is 2. The summed E-state index contributed by atoms with van der Waals surface area (Å²) in [5, 5.41) is 3.48. The second-order valence-corrected chi connectivity index (χ2v) is 4.53. The van der Waals surface area contributed by atoms with Gasteiger partial charge >= 0.3 is 0 Å². The van der Waals surface area contributed by atoms with Gasteiger partial charge in [-0.25, -0.2) is 0 Å². The van der Waals surface area contributed by atoms with Gasteiger partial charge in [-0.05, 0) is 30.0 Å². The molecule has 1 aliphatic heterocycles. The maximum absolute atomic E-state index is 5.91. The van der Waals surface area contributed by atoms with Crippen LogP contribution < -0.4 is 16.8 Å². The Morgan fingerprint density at radius 1 is 1.40 bits per heavy atom. The third kappa shape index (κ3) is 2.30. The minimum absolute atomic E-state index is 0.289. The third-order valence-corrected chi connectivity index (χ3v) is 3.11. The molecule has 0 spiro atoms. The molecule has 2 rings (SSSR count). The van der Waals surface area contributed by atoms with E-state index in [1.807, 2.05) is 18.2 Å². The summed E-state index contributed by atoms with van der Waals surface area (Å²) in [6.45, 7) is 3.13. The van der Waals surface area contributed by atoms with Crippen molar-refractivity contribution in [2.75, 3.05) is 12.3 Å². The van der Waals surface area contributed by atoms with Crippen LogP contribution in [0.25, 0.3) is 0 Å². The number of anilines is 1. The lowest BCUT2D eigenvalue weighted by Gasteiger charge is -2.34. The molecule has 0 radical (unpaired) electrons. The lowest BCUT2D eigenvalue weighted by Crippen LogP contribution is -2.45. The number of hydrogen-bond donors (Lipinski definition) is 3. The first kappa shape index (κ1) is 10.5. The molecule has 0 saturated carbocycles. The maximum atomic E-state index is 5.91. The van der Waals surface area contributed by atoms with Crippen LogP contribution in [0.3, 0.4) is 0 Å². The first-order chi connectivity index (χ1) is 7.16. The Hall–Kier alpha value is -1.06. The molecule has 82 valence electrons. The van der Waals surface area contributed by atoms with Crippen LogP contribution in [0.4, 0.5) is 5.69 Å². The highest BCUT2D eigenvalue weighted by atomic mass is 15.0. The second-order valence-electron chi connectivity index (χ2n) is 4.53. The summed E-state index contributed by atoms with van der Waals surface area (Å²) < 4.78 is 0. The van der Waals surface area contributed by atoms with Crippen molar-refractivity contribution in [3.8, 4) is 0 Å². The number of piperidine rings is 1. The normalized spacial score (nSPS) is 31.5. The highest BCUT2D eigenvalue weighted by molar-refractivity contribution is 5.42. The molecule has 0 bridgehead atoms. The lowest BCUT2D eigenvalue weighted by molar-refractivity contribution is 0.278. The summed E-state index contributed by atoms with van der Waals surface area (Å²) >= 11 is 0. The monoisotopic (exact) mass is 205 g/mol. The Morgan fingerprint density at radius 3 is 2.87 bits per heavy atom. The van der Waals surface area contributed by atoms with Crippen LogP contribution in [0.15, 0.2) is 24.3 Å². The van der Waals surface area contributed by atoms with Crippen molar-refractivity contribution in [1.82, 2.24) is 5.32 Å².